The molecule has 27 heavy (non-hydrogen) atoms. The molecule has 8 heteroatoms. The van der Waals surface area contributed by atoms with Crippen LogP contribution in [-0.4, -0.2) is 33.7 Å². The van der Waals surface area contributed by atoms with E-state index in [2.05, 4.69) is 5.32 Å². The maximum atomic E-state index is 12.7. The summed E-state index contributed by atoms with van der Waals surface area (Å²) in [6, 6.07) is 12.4. The smallest absolute Gasteiger partial charge is 0.244 e. The van der Waals surface area contributed by atoms with E-state index in [1.807, 2.05) is 19.1 Å². The summed E-state index contributed by atoms with van der Waals surface area (Å²) in [6.07, 6.45) is 1.07. The molecule has 1 amide bonds. The van der Waals surface area contributed by atoms with Crippen molar-refractivity contribution in [2.24, 2.45) is 0 Å². The van der Waals surface area contributed by atoms with Crippen LogP contribution in [0.5, 0.6) is 5.75 Å². The van der Waals surface area contributed by atoms with E-state index in [0.717, 1.165) is 21.9 Å². The number of ether oxygens (including phenoxy) is 1. The molecule has 0 aromatic heterocycles. The number of nitrogens with zero attached hydrogens (tertiary/aromatic N) is 1. The normalized spacial score (nSPS) is 13.5. The third-order valence-electron chi connectivity index (χ3n) is 4.14. The van der Waals surface area contributed by atoms with Crippen LogP contribution in [-0.2, 0) is 14.8 Å². The Morgan fingerprint density at radius 2 is 1.63 bits per heavy atom. The Balaban J connectivity index is 2.20. The number of rotatable bonds is 7. The molecule has 0 saturated heterocycles. The van der Waals surface area contributed by atoms with Crippen LogP contribution in [0.25, 0.3) is 0 Å². The Hall–Kier alpha value is -2.25. The monoisotopic (exact) mass is 410 g/mol. The van der Waals surface area contributed by atoms with Gasteiger partial charge in [-0.2, -0.15) is 0 Å². The first-order valence-corrected chi connectivity index (χ1v) is 10.6. The molecule has 0 heterocycles. The Kier molecular flexibility index (Phi) is 6.73. The number of halogens is 1. The van der Waals surface area contributed by atoms with Crippen LogP contribution in [0.15, 0.2) is 48.5 Å². The van der Waals surface area contributed by atoms with Gasteiger partial charge in [0.25, 0.3) is 0 Å². The molecule has 2 atom stereocenters. The van der Waals surface area contributed by atoms with Crippen molar-refractivity contribution in [1.29, 1.82) is 0 Å². The average molecular weight is 411 g/mol. The molecule has 0 unspecified atom stereocenters. The van der Waals surface area contributed by atoms with E-state index >= 15 is 0 Å². The maximum Gasteiger partial charge on any atom is 0.244 e. The van der Waals surface area contributed by atoms with Gasteiger partial charge in [0.2, 0.25) is 15.9 Å². The first-order chi connectivity index (χ1) is 12.6. The lowest BCUT2D eigenvalue weighted by Crippen LogP contribution is -2.48. The van der Waals surface area contributed by atoms with Gasteiger partial charge in [-0.3, -0.25) is 9.10 Å². The molecule has 0 radical (unpaired) electrons. The zero-order chi connectivity index (χ0) is 20.2. The molecule has 1 N–H and O–H groups in total. The van der Waals surface area contributed by atoms with Crippen molar-refractivity contribution in [3.63, 3.8) is 0 Å². The van der Waals surface area contributed by atoms with Crippen molar-refractivity contribution in [2.75, 3.05) is 17.7 Å². The van der Waals surface area contributed by atoms with Gasteiger partial charge in [0.1, 0.15) is 11.8 Å². The number of sulfonamides is 1. The number of anilines is 1. The number of carbonyl (C=O) groups is 1. The predicted octanol–water partition coefficient (Wildman–Crippen LogP) is 3.38. The van der Waals surface area contributed by atoms with Crippen LogP contribution < -0.4 is 14.4 Å². The van der Waals surface area contributed by atoms with Gasteiger partial charge >= 0.3 is 0 Å². The summed E-state index contributed by atoms with van der Waals surface area (Å²) >= 11 is 5.87. The summed E-state index contributed by atoms with van der Waals surface area (Å²) < 4.78 is 30.8. The van der Waals surface area contributed by atoms with Crippen LogP contribution in [0.2, 0.25) is 5.02 Å². The number of hydrogen-bond donors (Lipinski definition) is 1. The molecular weight excluding hydrogens is 388 g/mol. The molecule has 0 aliphatic rings. The minimum atomic E-state index is -3.67. The zero-order valence-electron chi connectivity index (χ0n) is 15.6. The highest BCUT2D eigenvalue weighted by Crippen LogP contribution is 2.24. The van der Waals surface area contributed by atoms with E-state index in [1.165, 1.54) is 0 Å². The third-order valence-corrected chi connectivity index (χ3v) is 5.64. The summed E-state index contributed by atoms with van der Waals surface area (Å²) in [6.45, 7) is 3.38. The van der Waals surface area contributed by atoms with Crippen LogP contribution >= 0.6 is 11.6 Å². The van der Waals surface area contributed by atoms with E-state index in [1.54, 1.807) is 50.4 Å². The lowest BCUT2D eigenvalue weighted by Gasteiger charge is -2.29. The molecule has 2 rings (SSSR count). The van der Waals surface area contributed by atoms with Gasteiger partial charge in [-0.1, -0.05) is 23.7 Å². The van der Waals surface area contributed by atoms with Gasteiger partial charge in [0, 0.05) is 5.02 Å². The van der Waals surface area contributed by atoms with Crippen LogP contribution in [0.4, 0.5) is 5.69 Å². The lowest BCUT2D eigenvalue weighted by molar-refractivity contribution is -0.122. The predicted molar refractivity (Wildman–Crippen MR) is 108 cm³/mol. The minimum absolute atomic E-state index is 0.294. The number of amides is 1. The third kappa shape index (κ3) is 5.37. The quantitative estimate of drug-likeness (QED) is 0.759. The SMILES string of the molecule is COc1ccc([C@@H](C)NC(=O)[C@@H](C)N(c2ccc(Cl)cc2)S(C)(=O)=O)cc1. The Morgan fingerprint density at radius 1 is 1.07 bits per heavy atom. The summed E-state index contributed by atoms with van der Waals surface area (Å²) in [7, 11) is -2.09. The van der Waals surface area contributed by atoms with Crippen LogP contribution in [0.1, 0.15) is 25.5 Å². The van der Waals surface area contributed by atoms with E-state index in [4.69, 9.17) is 16.3 Å². The second-order valence-corrected chi connectivity index (χ2v) is 8.51. The summed E-state index contributed by atoms with van der Waals surface area (Å²) in [5.74, 6) is 0.315. The Morgan fingerprint density at radius 3 is 2.11 bits per heavy atom. The van der Waals surface area contributed by atoms with Gasteiger partial charge in [0.15, 0.2) is 0 Å². The van der Waals surface area contributed by atoms with Gasteiger partial charge in [-0.25, -0.2) is 8.42 Å². The second kappa shape index (κ2) is 8.63. The summed E-state index contributed by atoms with van der Waals surface area (Å²) in [5.41, 5.74) is 1.26. The fraction of sp³-hybridized carbons (Fsp3) is 0.316. The van der Waals surface area contributed by atoms with E-state index in [-0.39, 0.29) is 6.04 Å². The number of carbonyl (C=O) groups excluding carboxylic acids is 1. The average Bonchev–Trinajstić information content (AvgIpc) is 2.62. The Labute approximate surface area is 165 Å². The van der Waals surface area contributed by atoms with Crippen molar-refractivity contribution in [3.05, 3.63) is 59.1 Å². The van der Waals surface area contributed by atoms with Gasteiger partial charge < -0.3 is 10.1 Å². The molecule has 6 nitrogen and oxygen atoms in total. The summed E-state index contributed by atoms with van der Waals surface area (Å²) in [5, 5.41) is 3.34. The highest BCUT2D eigenvalue weighted by molar-refractivity contribution is 7.92. The molecule has 0 saturated carbocycles. The van der Waals surface area contributed by atoms with Crippen molar-refractivity contribution in [3.8, 4) is 5.75 Å². The van der Waals surface area contributed by atoms with Gasteiger partial charge in [-0.15, -0.1) is 0 Å². The zero-order valence-corrected chi connectivity index (χ0v) is 17.2. The fourth-order valence-electron chi connectivity index (χ4n) is 2.71. The molecule has 0 aliphatic carbocycles. The van der Waals surface area contributed by atoms with Crippen molar-refractivity contribution >= 4 is 33.2 Å². The molecular formula is C19H23ClN2O4S. The highest BCUT2D eigenvalue weighted by Gasteiger charge is 2.29. The van der Waals surface area contributed by atoms with Crippen molar-refractivity contribution in [2.45, 2.75) is 25.9 Å². The van der Waals surface area contributed by atoms with E-state index in [9.17, 15) is 13.2 Å². The highest BCUT2D eigenvalue weighted by atomic mass is 35.5. The van der Waals surface area contributed by atoms with Crippen molar-refractivity contribution in [1.82, 2.24) is 5.32 Å². The number of hydrogen-bond acceptors (Lipinski definition) is 4. The molecule has 0 bridgehead atoms. The minimum Gasteiger partial charge on any atom is -0.497 e. The first kappa shape index (κ1) is 21.1. The van der Waals surface area contributed by atoms with E-state index in [0.29, 0.717) is 10.7 Å². The van der Waals surface area contributed by atoms with E-state index < -0.39 is 22.0 Å². The number of methoxy groups -OCH3 is 1. The topological polar surface area (TPSA) is 75.7 Å². The molecule has 0 spiro atoms. The maximum absolute atomic E-state index is 12.7. The first-order valence-electron chi connectivity index (χ1n) is 8.32. The Bertz CT molecular complexity index is 883. The van der Waals surface area contributed by atoms with Crippen LogP contribution in [0.3, 0.4) is 0 Å². The largest absolute Gasteiger partial charge is 0.497 e. The molecule has 2 aromatic carbocycles. The molecule has 0 fully saturated rings. The second-order valence-electron chi connectivity index (χ2n) is 6.21. The summed E-state index contributed by atoms with van der Waals surface area (Å²) in [4.78, 5) is 12.7. The van der Waals surface area contributed by atoms with Gasteiger partial charge in [0.05, 0.1) is 25.1 Å². The van der Waals surface area contributed by atoms with Gasteiger partial charge in [-0.05, 0) is 55.8 Å². The van der Waals surface area contributed by atoms with Crippen molar-refractivity contribution < 1.29 is 17.9 Å². The standard InChI is InChI=1S/C19H23ClN2O4S/c1-13(15-5-11-18(26-3)12-6-15)21-19(23)14(2)22(27(4,24)25)17-9-7-16(20)8-10-17/h5-14H,1-4H3,(H,21,23)/t13-,14-/m1/s1. The molecule has 2 aromatic rings. The number of benzene rings is 2. The number of nitrogens with one attached hydrogen (secondary N) is 1. The molecule has 0 aliphatic heterocycles. The fourth-order valence-corrected chi connectivity index (χ4v) is 4.01. The molecule has 146 valence electrons. The lowest BCUT2D eigenvalue weighted by atomic mass is 10.1. The van der Waals surface area contributed by atoms with Crippen LogP contribution in [0, 0.1) is 0 Å².